The molecule has 0 aromatic heterocycles. The highest BCUT2D eigenvalue weighted by Crippen LogP contribution is 2.20. The average molecular weight is 267 g/mol. The standard InChI is InChI=1S/C14H21NO4/c1-14(2,3)15-12(17)8-9-5-6-11(16)10(7-9)13(18)19-4/h5-7,12,15-17H,8H2,1-4H3. The maximum atomic E-state index is 11.4. The Labute approximate surface area is 113 Å². The molecule has 0 saturated heterocycles. The molecule has 0 radical (unpaired) electrons. The van der Waals surface area contributed by atoms with Crippen LogP contribution in [0.5, 0.6) is 5.75 Å². The van der Waals surface area contributed by atoms with E-state index in [0.717, 1.165) is 5.56 Å². The Bertz CT molecular complexity index is 451. The van der Waals surface area contributed by atoms with Gasteiger partial charge in [0, 0.05) is 12.0 Å². The quantitative estimate of drug-likeness (QED) is 0.568. The van der Waals surface area contributed by atoms with Gasteiger partial charge in [-0.25, -0.2) is 4.79 Å². The van der Waals surface area contributed by atoms with Gasteiger partial charge < -0.3 is 14.9 Å². The number of benzene rings is 1. The van der Waals surface area contributed by atoms with Crippen LogP contribution in [0.25, 0.3) is 0 Å². The molecule has 0 aliphatic heterocycles. The highest BCUT2D eigenvalue weighted by molar-refractivity contribution is 5.92. The van der Waals surface area contributed by atoms with Crippen LogP contribution in [0.2, 0.25) is 0 Å². The van der Waals surface area contributed by atoms with Gasteiger partial charge in [0.1, 0.15) is 17.5 Å². The minimum absolute atomic E-state index is 0.1000. The summed E-state index contributed by atoms with van der Waals surface area (Å²) in [6, 6.07) is 4.61. The molecule has 0 spiro atoms. The minimum Gasteiger partial charge on any atom is -0.507 e. The first-order valence-electron chi connectivity index (χ1n) is 6.09. The van der Waals surface area contributed by atoms with E-state index in [-0.39, 0.29) is 16.9 Å². The summed E-state index contributed by atoms with van der Waals surface area (Å²) in [5.74, 6) is -0.730. The van der Waals surface area contributed by atoms with E-state index in [0.29, 0.717) is 6.42 Å². The zero-order valence-electron chi connectivity index (χ0n) is 11.7. The molecule has 0 aliphatic carbocycles. The number of phenolic OH excluding ortho intramolecular Hbond substituents is 1. The number of aliphatic hydroxyl groups excluding tert-OH is 1. The second-order valence-electron chi connectivity index (χ2n) is 5.46. The Hall–Kier alpha value is -1.59. The predicted molar refractivity (Wildman–Crippen MR) is 72.0 cm³/mol. The van der Waals surface area contributed by atoms with Crippen molar-refractivity contribution in [3.63, 3.8) is 0 Å². The number of rotatable bonds is 4. The number of esters is 1. The molecule has 19 heavy (non-hydrogen) atoms. The normalized spacial score (nSPS) is 13.1. The number of carbonyl (C=O) groups excluding carboxylic acids is 1. The summed E-state index contributed by atoms with van der Waals surface area (Å²) in [7, 11) is 1.25. The fourth-order valence-electron chi connectivity index (χ4n) is 1.76. The first-order chi connectivity index (χ1) is 8.73. The Balaban J connectivity index is 2.83. The van der Waals surface area contributed by atoms with E-state index in [1.54, 1.807) is 6.07 Å². The van der Waals surface area contributed by atoms with E-state index in [9.17, 15) is 15.0 Å². The van der Waals surface area contributed by atoms with Crippen LogP contribution in [0, 0.1) is 0 Å². The lowest BCUT2D eigenvalue weighted by molar-refractivity contribution is 0.0596. The molecule has 0 heterocycles. The van der Waals surface area contributed by atoms with Gasteiger partial charge in [-0.05, 0) is 38.5 Å². The Morgan fingerprint density at radius 3 is 2.58 bits per heavy atom. The van der Waals surface area contributed by atoms with Crippen LogP contribution in [0.1, 0.15) is 36.7 Å². The van der Waals surface area contributed by atoms with E-state index >= 15 is 0 Å². The van der Waals surface area contributed by atoms with Crippen LogP contribution in [-0.4, -0.2) is 35.1 Å². The first kappa shape index (κ1) is 15.5. The molecule has 3 N–H and O–H groups in total. The second kappa shape index (κ2) is 6.04. The van der Waals surface area contributed by atoms with Gasteiger partial charge >= 0.3 is 5.97 Å². The third kappa shape index (κ3) is 4.89. The number of ether oxygens (including phenoxy) is 1. The molecule has 1 aromatic carbocycles. The van der Waals surface area contributed by atoms with Crippen molar-refractivity contribution in [1.29, 1.82) is 0 Å². The zero-order valence-corrected chi connectivity index (χ0v) is 11.7. The maximum absolute atomic E-state index is 11.4. The van der Waals surface area contributed by atoms with Gasteiger partial charge in [0.05, 0.1) is 7.11 Å². The number of hydrogen-bond acceptors (Lipinski definition) is 5. The van der Waals surface area contributed by atoms with Crippen molar-refractivity contribution in [1.82, 2.24) is 5.32 Å². The molecule has 0 fully saturated rings. The molecule has 1 aromatic rings. The maximum Gasteiger partial charge on any atom is 0.341 e. The van der Waals surface area contributed by atoms with Crippen molar-refractivity contribution in [3.8, 4) is 5.75 Å². The average Bonchev–Trinajstić information content (AvgIpc) is 2.28. The molecule has 0 amide bonds. The SMILES string of the molecule is COC(=O)c1cc(CC(O)NC(C)(C)C)ccc1O. The minimum atomic E-state index is -0.727. The van der Waals surface area contributed by atoms with Gasteiger partial charge in [0.25, 0.3) is 0 Å². The largest absolute Gasteiger partial charge is 0.507 e. The van der Waals surface area contributed by atoms with E-state index in [4.69, 9.17) is 0 Å². The highest BCUT2D eigenvalue weighted by atomic mass is 16.5. The third-order valence-electron chi connectivity index (χ3n) is 2.49. The van der Waals surface area contributed by atoms with Gasteiger partial charge in [-0.2, -0.15) is 0 Å². The van der Waals surface area contributed by atoms with Gasteiger partial charge in [-0.3, -0.25) is 5.32 Å². The van der Waals surface area contributed by atoms with Crippen molar-refractivity contribution in [2.45, 2.75) is 39.0 Å². The van der Waals surface area contributed by atoms with Crippen LogP contribution in [0.3, 0.4) is 0 Å². The van der Waals surface area contributed by atoms with E-state index in [1.807, 2.05) is 20.8 Å². The number of carbonyl (C=O) groups is 1. The van der Waals surface area contributed by atoms with Gasteiger partial charge in [0.15, 0.2) is 0 Å². The number of aliphatic hydroxyl groups is 1. The van der Waals surface area contributed by atoms with Crippen molar-refractivity contribution in [2.75, 3.05) is 7.11 Å². The summed E-state index contributed by atoms with van der Waals surface area (Å²) >= 11 is 0. The van der Waals surface area contributed by atoms with Crippen molar-refractivity contribution >= 4 is 5.97 Å². The van der Waals surface area contributed by atoms with Crippen LogP contribution in [-0.2, 0) is 11.2 Å². The fourth-order valence-corrected chi connectivity index (χ4v) is 1.76. The Kier molecular flexibility index (Phi) is 4.91. The Morgan fingerprint density at radius 1 is 1.42 bits per heavy atom. The molecule has 0 aliphatic rings. The fraction of sp³-hybridized carbons (Fsp3) is 0.500. The van der Waals surface area contributed by atoms with E-state index < -0.39 is 12.2 Å². The molecule has 0 bridgehead atoms. The number of nitrogens with one attached hydrogen (secondary N) is 1. The second-order valence-corrected chi connectivity index (χ2v) is 5.46. The number of phenols is 1. The summed E-state index contributed by atoms with van der Waals surface area (Å²) in [6.45, 7) is 5.85. The first-order valence-corrected chi connectivity index (χ1v) is 6.09. The van der Waals surface area contributed by atoms with Crippen molar-refractivity contribution in [2.24, 2.45) is 0 Å². The lowest BCUT2D eigenvalue weighted by Gasteiger charge is -2.25. The lowest BCUT2D eigenvalue weighted by atomic mass is 10.0. The number of aromatic hydroxyl groups is 1. The number of hydrogen-bond donors (Lipinski definition) is 3. The molecule has 1 atom stereocenters. The van der Waals surface area contributed by atoms with Gasteiger partial charge in [-0.1, -0.05) is 6.07 Å². The lowest BCUT2D eigenvalue weighted by Crippen LogP contribution is -2.44. The van der Waals surface area contributed by atoms with Crippen LogP contribution in [0.4, 0.5) is 0 Å². The molecular formula is C14H21NO4. The molecule has 0 saturated carbocycles. The molecule has 5 heteroatoms. The van der Waals surface area contributed by atoms with Crippen LogP contribution < -0.4 is 5.32 Å². The van der Waals surface area contributed by atoms with Crippen LogP contribution >= 0.6 is 0 Å². The van der Waals surface area contributed by atoms with Crippen LogP contribution in [0.15, 0.2) is 18.2 Å². The molecular weight excluding hydrogens is 246 g/mol. The zero-order chi connectivity index (χ0) is 14.6. The highest BCUT2D eigenvalue weighted by Gasteiger charge is 2.17. The summed E-state index contributed by atoms with van der Waals surface area (Å²) in [5, 5.41) is 22.5. The number of methoxy groups -OCH3 is 1. The topological polar surface area (TPSA) is 78.8 Å². The third-order valence-corrected chi connectivity index (χ3v) is 2.49. The molecule has 106 valence electrons. The summed E-state index contributed by atoms with van der Waals surface area (Å²) < 4.78 is 4.58. The van der Waals surface area contributed by atoms with Crippen molar-refractivity contribution in [3.05, 3.63) is 29.3 Å². The monoisotopic (exact) mass is 267 g/mol. The van der Waals surface area contributed by atoms with Gasteiger partial charge in [-0.15, -0.1) is 0 Å². The molecule has 5 nitrogen and oxygen atoms in total. The summed E-state index contributed by atoms with van der Waals surface area (Å²) in [5.41, 5.74) is 0.632. The summed E-state index contributed by atoms with van der Waals surface area (Å²) in [6.07, 6.45) is -0.392. The van der Waals surface area contributed by atoms with Gasteiger partial charge in [0.2, 0.25) is 0 Å². The van der Waals surface area contributed by atoms with E-state index in [2.05, 4.69) is 10.1 Å². The smallest absolute Gasteiger partial charge is 0.341 e. The Morgan fingerprint density at radius 2 is 2.05 bits per heavy atom. The van der Waals surface area contributed by atoms with E-state index in [1.165, 1.54) is 19.2 Å². The summed E-state index contributed by atoms with van der Waals surface area (Å²) in [4.78, 5) is 11.4. The predicted octanol–water partition coefficient (Wildman–Crippen LogP) is 1.43. The molecule has 1 rings (SSSR count). The molecule has 1 unspecified atom stereocenters. The van der Waals surface area contributed by atoms with Crippen molar-refractivity contribution < 1.29 is 19.7 Å².